The van der Waals surface area contributed by atoms with Crippen LogP contribution in [0.5, 0.6) is 0 Å². The van der Waals surface area contributed by atoms with E-state index in [1.54, 1.807) is 0 Å². The molecule has 0 fully saturated rings. The zero-order chi connectivity index (χ0) is 46.4. The molecule has 0 aromatic heterocycles. The van der Waals surface area contributed by atoms with Gasteiger partial charge in [0, 0.05) is 21.3 Å². The Bertz CT molecular complexity index is 2380. The molecule has 2 unspecified atom stereocenters. The van der Waals surface area contributed by atoms with Gasteiger partial charge in [0.1, 0.15) is 11.6 Å². The number of halogens is 8. The van der Waals surface area contributed by atoms with Crippen molar-refractivity contribution in [3.63, 3.8) is 0 Å². The van der Waals surface area contributed by atoms with Crippen LogP contribution < -0.4 is 8.61 Å². The van der Waals surface area contributed by atoms with Crippen molar-refractivity contribution in [3.05, 3.63) is 108 Å². The number of aliphatic carboxylic acids is 2. The number of nitrogens with zero attached hydrogens (tertiary/aromatic N) is 2. The third-order valence-electron chi connectivity index (χ3n) is 9.71. The SMILES string of the molecule is CC(O)(c1ccc2c(c1)SC[C@@H](CC(=O)O)N2S(=O)(=O)c1ccc(F)cc1)C(F)(F)F.CC(O)(c1ccc2c(c1)SC[C@H](CC(=O)O)N2S(=O)(=O)c1ccc(F)cc1)C(F)(F)F. The van der Waals surface area contributed by atoms with Crippen molar-refractivity contribution in [3.8, 4) is 0 Å². The molecule has 0 radical (unpaired) electrons. The molecule has 0 saturated carbocycles. The first-order valence-electron chi connectivity index (χ1n) is 17.7. The van der Waals surface area contributed by atoms with E-state index in [1.807, 2.05) is 0 Å². The molecule has 2 heterocycles. The van der Waals surface area contributed by atoms with Crippen molar-refractivity contribution >= 4 is 66.9 Å². The first-order chi connectivity index (χ1) is 28.5. The van der Waals surface area contributed by atoms with Gasteiger partial charge in [-0.2, -0.15) is 26.3 Å². The molecule has 0 saturated heterocycles. The van der Waals surface area contributed by atoms with Crippen LogP contribution in [0, 0.1) is 11.6 Å². The molecule has 4 N–H and O–H groups in total. The number of hydrogen-bond donors (Lipinski definition) is 4. The second-order valence-corrected chi connectivity index (χ2v) is 19.9. The van der Waals surface area contributed by atoms with E-state index in [9.17, 15) is 82.0 Å². The summed E-state index contributed by atoms with van der Waals surface area (Å²) < 4.78 is 161. The maximum Gasteiger partial charge on any atom is 0.421 e. The molecule has 336 valence electrons. The number of rotatable bonds is 10. The Balaban J connectivity index is 0.000000234. The van der Waals surface area contributed by atoms with Gasteiger partial charge in [0.15, 0.2) is 11.2 Å². The van der Waals surface area contributed by atoms with E-state index in [0.29, 0.717) is 13.8 Å². The van der Waals surface area contributed by atoms with Crippen molar-refractivity contribution in [2.24, 2.45) is 0 Å². The summed E-state index contributed by atoms with van der Waals surface area (Å²) in [6.45, 7) is 1.17. The third-order valence-corrected chi connectivity index (χ3v) is 15.8. The van der Waals surface area contributed by atoms with Gasteiger partial charge in [-0.25, -0.2) is 25.6 Å². The maximum absolute atomic E-state index is 13.3. The summed E-state index contributed by atoms with van der Waals surface area (Å²) in [4.78, 5) is 22.3. The van der Waals surface area contributed by atoms with E-state index in [4.69, 9.17) is 0 Å². The fourth-order valence-electron chi connectivity index (χ4n) is 6.24. The Kier molecular flexibility index (Phi) is 13.7. The highest BCUT2D eigenvalue weighted by atomic mass is 32.2. The number of fused-ring (bicyclic) bond motifs is 2. The number of carbonyl (C=O) groups is 2. The lowest BCUT2D eigenvalue weighted by Gasteiger charge is -2.37. The third kappa shape index (κ3) is 9.78. The standard InChI is InChI=1S/2C19H17F4NO5S2/c2*1-18(27,19(21,22)23)11-2-7-15-16(8-11)30-10-13(9-17(25)26)24(15)31(28,29)14-5-3-12(20)4-6-14/h2*2-8,13,27H,9-10H2,1H3,(H,25,26)/t2*13-,18?/m10/s1. The smallest absolute Gasteiger partial charge is 0.421 e. The normalized spacial score (nSPS) is 18.9. The summed E-state index contributed by atoms with van der Waals surface area (Å²) in [7, 11) is -8.72. The van der Waals surface area contributed by atoms with E-state index in [2.05, 4.69) is 0 Å². The van der Waals surface area contributed by atoms with Crippen LogP contribution in [0.3, 0.4) is 0 Å². The second-order valence-electron chi connectivity index (χ2n) is 14.1. The van der Waals surface area contributed by atoms with Gasteiger partial charge >= 0.3 is 24.3 Å². The quantitative estimate of drug-likeness (QED) is 0.115. The number of carboxylic acids is 2. The molecule has 6 rings (SSSR count). The van der Waals surface area contributed by atoms with Crippen LogP contribution in [-0.4, -0.2) is 85.1 Å². The van der Waals surface area contributed by atoms with Crippen LogP contribution in [0.4, 0.5) is 46.5 Å². The van der Waals surface area contributed by atoms with Gasteiger partial charge in [-0.3, -0.25) is 18.2 Å². The predicted molar refractivity (Wildman–Crippen MR) is 210 cm³/mol. The molecule has 0 amide bonds. The average Bonchev–Trinajstić information content (AvgIpc) is 3.16. The summed E-state index contributed by atoms with van der Waals surface area (Å²) in [5, 5.41) is 38.3. The molecule has 4 atom stereocenters. The van der Waals surface area contributed by atoms with Crippen LogP contribution in [0.25, 0.3) is 0 Å². The molecule has 24 heteroatoms. The van der Waals surface area contributed by atoms with Crippen LogP contribution in [0.15, 0.2) is 105 Å². The molecule has 0 bridgehead atoms. The molecular weight excluding hydrogens is 925 g/mol. The fraction of sp³-hybridized carbons (Fsp3) is 0.316. The van der Waals surface area contributed by atoms with Gasteiger partial charge in [0.25, 0.3) is 20.0 Å². The van der Waals surface area contributed by atoms with Gasteiger partial charge in [0.05, 0.1) is 46.1 Å². The monoisotopic (exact) mass is 958 g/mol. The molecule has 4 aromatic rings. The highest BCUT2D eigenvalue weighted by Crippen LogP contribution is 2.48. The fourth-order valence-corrected chi connectivity index (χ4v) is 12.2. The summed E-state index contributed by atoms with van der Waals surface area (Å²) in [5.41, 5.74) is -7.34. The van der Waals surface area contributed by atoms with Crippen LogP contribution in [0.2, 0.25) is 0 Å². The number of thioether (sulfide) groups is 2. The van der Waals surface area contributed by atoms with Gasteiger partial charge in [-0.1, -0.05) is 12.1 Å². The van der Waals surface area contributed by atoms with E-state index in [-0.39, 0.29) is 42.5 Å². The molecule has 2 aliphatic rings. The summed E-state index contributed by atoms with van der Waals surface area (Å²) in [6, 6.07) is 11.9. The Morgan fingerprint density at radius 3 is 1.18 bits per heavy atom. The lowest BCUT2D eigenvalue weighted by Crippen LogP contribution is -2.45. The van der Waals surface area contributed by atoms with Crippen molar-refractivity contribution in [2.45, 2.75) is 81.9 Å². The minimum absolute atomic E-state index is 0.0199. The number of aliphatic hydroxyl groups is 2. The van der Waals surface area contributed by atoms with Crippen LogP contribution >= 0.6 is 23.5 Å². The van der Waals surface area contributed by atoms with Crippen molar-refractivity contribution < 1.29 is 82.0 Å². The highest BCUT2D eigenvalue weighted by molar-refractivity contribution is 8.00. The first kappa shape index (κ1) is 48.4. The largest absolute Gasteiger partial charge is 0.481 e. The topological polar surface area (TPSA) is 190 Å². The van der Waals surface area contributed by atoms with Crippen molar-refractivity contribution in [1.82, 2.24) is 0 Å². The number of alkyl halides is 6. The molecule has 0 aliphatic carbocycles. The molecule has 0 spiro atoms. The number of anilines is 2. The molecule has 12 nitrogen and oxygen atoms in total. The number of carboxylic acid groups (broad SMARTS) is 2. The summed E-state index contributed by atoms with van der Waals surface area (Å²) in [5.74, 6) is -3.95. The lowest BCUT2D eigenvalue weighted by molar-refractivity contribution is -0.259. The first-order valence-corrected chi connectivity index (χ1v) is 22.5. The average molecular weight is 959 g/mol. The van der Waals surface area contributed by atoms with Crippen molar-refractivity contribution in [1.29, 1.82) is 0 Å². The minimum Gasteiger partial charge on any atom is -0.481 e. The van der Waals surface area contributed by atoms with E-state index in [1.165, 1.54) is 0 Å². The minimum atomic E-state index is -4.97. The molecule has 2 aliphatic heterocycles. The van der Waals surface area contributed by atoms with Gasteiger partial charge < -0.3 is 20.4 Å². The predicted octanol–water partition coefficient (Wildman–Crippen LogP) is 7.48. The number of benzene rings is 4. The molecule has 4 aromatic carbocycles. The second kappa shape index (κ2) is 17.5. The number of hydrogen-bond acceptors (Lipinski definition) is 10. The van der Waals surface area contributed by atoms with Crippen molar-refractivity contribution in [2.75, 3.05) is 20.1 Å². The Morgan fingerprint density at radius 1 is 0.597 bits per heavy atom. The van der Waals surface area contributed by atoms with Gasteiger partial charge in [-0.05, 0) is 97.8 Å². The van der Waals surface area contributed by atoms with E-state index in [0.717, 1.165) is 117 Å². The molecule has 62 heavy (non-hydrogen) atoms. The Morgan fingerprint density at radius 2 is 0.903 bits per heavy atom. The van der Waals surface area contributed by atoms with Gasteiger partial charge in [0.2, 0.25) is 0 Å². The van der Waals surface area contributed by atoms with Crippen LogP contribution in [-0.2, 0) is 40.8 Å². The van der Waals surface area contributed by atoms with E-state index >= 15 is 0 Å². The summed E-state index contributed by atoms with van der Waals surface area (Å²) >= 11 is 1.98. The maximum atomic E-state index is 13.3. The van der Waals surface area contributed by atoms with Crippen LogP contribution in [0.1, 0.15) is 37.8 Å². The number of sulfonamides is 2. The Labute approximate surface area is 357 Å². The lowest BCUT2D eigenvalue weighted by atomic mass is 9.95. The molecular formula is C38H34F8N2O10S4. The Hall–Kier alpha value is -4.62. The zero-order valence-electron chi connectivity index (χ0n) is 31.9. The van der Waals surface area contributed by atoms with E-state index < -0.39 is 103 Å². The zero-order valence-corrected chi connectivity index (χ0v) is 35.1. The highest BCUT2D eigenvalue weighted by Gasteiger charge is 2.53. The summed E-state index contributed by atoms with van der Waals surface area (Å²) in [6.07, 6.45) is -11.0. The van der Waals surface area contributed by atoms with Gasteiger partial charge in [-0.15, -0.1) is 23.5 Å².